The molecule has 0 bridgehead atoms. The third-order valence-electron chi connectivity index (χ3n) is 3.76. The molecule has 0 spiro atoms. The summed E-state index contributed by atoms with van der Waals surface area (Å²) in [5.41, 5.74) is 2.65. The molecule has 0 amide bonds. The second-order valence-corrected chi connectivity index (χ2v) is 9.49. The minimum atomic E-state index is 0.803. The summed E-state index contributed by atoms with van der Waals surface area (Å²) in [6, 6.07) is 10.6. The summed E-state index contributed by atoms with van der Waals surface area (Å²) in [6.07, 6.45) is 11.4. The maximum atomic E-state index is 5.82. The first-order valence-electron chi connectivity index (χ1n) is 8.52. The molecular formula is C20H24Br2OS. The molecule has 4 heteroatoms. The van der Waals surface area contributed by atoms with Crippen molar-refractivity contribution in [3.8, 4) is 5.75 Å². The molecule has 1 aromatic heterocycles. The summed E-state index contributed by atoms with van der Waals surface area (Å²) >= 11 is 8.91. The first kappa shape index (κ1) is 19.7. The number of ether oxygens (including phenoxy) is 1. The minimum absolute atomic E-state index is 0.803. The van der Waals surface area contributed by atoms with Crippen LogP contribution in [0.1, 0.15) is 50.2 Å². The number of aryl methyl sites for hydroxylation is 1. The molecule has 1 aromatic carbocycles. The van der Waals surface area contributed by atoms with Gasteiger partial charge in [-0.25, -0.2) is 0 Å². The number of hydrogen-bond acceptors (Lipinski definition) is 2. The molecule has 0 aliphatic carbocycles. The molecule has 0 fully saturated rings. The quantitative estimate of drug-likeness (QED) is 0.320. The van der Waals surface area contributed by atoms with Crippen molar-refractivity contribution in [2.75, 3.05) is 6.61 Å². The summed E-state index contributed by atoms with van der Waals surface area (Å²) in [5, 5.41) is 0. The average molecular weight is 472 g/mol. The van der Waals surface area contributed by atoms with Crippen LogP contribution in [0.3, 0.4) is 0 Å². The number of rotatable bonds is 10. The van der Waals surface area contributed by atoms with E-state index < -0.39 is 0 Å². The van der Waals surface area contributed by atoms with Gasteiger partial charge in [0.1, 0.15) is 5.75 Å². The van der Waals surface area contributed by atoms with Gasteiger partial charge in [0.2, 0.25) is 0 Å². The van der Waals surface area contributed by atoms with E-state index in [0.717, 1.165) is 31.6 Å². The van der Waals surface area contributed by atoms with Crippen LogP contribution in [0.5, 0.6) is 5.75 Å². The largest absolute Gasteiger partial charge is 0.494 e. The number of unbranched alkanes of at least 4 members (excludes halogenated alkanes) is 3. The second-order valence-electron chi connectivity index (χ2n) is 5.74. The zero-order valence-electron chi connectivity index (χ0n) is 14.1. The van der Waals surface area contributed by atoms with Crippen LogP contribution in [-0.4, -0.2) is 6.61 Å². The highest BCUT2D eigenvalue weighted by Gasteiger charge is 2.04. The number of halogens is 2. The molecule has 0 saturated carbocycles. The van der Waals surface area contributed by atoms with E-state index in [0.29, 0.717) is 0 Å². The zero-order chi connectivity index (χ0) is 17.2. The van der Waals surface area contributed by atoms with Crippen LogP contribution in [0, 0.1) is 0 Å². The van der Waals surface area contributed by atoms with Crippen LogP contribution in [0.2, 0.25) is 0 Å². The van der Waals surface area contributed by atoms with Crippen LogP contribution in [0.4, 0.5) is 0 Å². The summed E-state index contributed by atoms with van der Waals surface area (Å²) in [4.78, 5) is 0. The maximum Gasteiger partial charge on any atom is 0.119 e. The Labute approximate surface area is 166 Å². The van der Waals surface area contributed by atoms with Crippen LogP contribution < -0.4 is 4.74 Å². The monoisotopic (exact) mass is 470 g/mol. The second kappa shape index (κ2) is 11.1. The molecule has 0 aliphatic rings. The third-order valence-corrected chi connectivity index (χ3v) is 6.23. The smallest absolute Gasteiger partial charge is 0.119 e. The molecule has 1 nitrogen and oxygen atoms in total. The SMILES string of the molecule is CC/C=C/c1ccc(OCCCCCCc2cc(Br)sc2Br)cc1. The van der Waals surface area contributed by atoms with E-state index in [1.54, 1.807) is 11.3 Å². The molecule has 130 valence electrons. The first-order chi connectivity index (χ1) is 11.7. The minimum Gasteiger partial charge on any atom is -0.494 e. The van der Waals surface area contributed by atoms with Gasteiger partial charge in [-0.1, -0.05) is 44.1 Å². The number of hydrogen-bond donors (Lipinski definition) is 0. The van der Waals surface area contributed by atoms with Crippen LogP contribution in [-0.2, 0) is 6.42 Å². The van der Waals surface area contributed by atoms with Crippen LogP contribution in [0.25, 0.3) is 6.08 Å². The third kappa shape index (κ3) is 7.12. The van der Waals surface area contributed by atoms with E-state index in [2.05, 4.69) is 81.3 Å². The molecule has 2 aromatic rings. The Balaban J connectivity index is 1.56. The van der Waals surface area contributed by atoms with Gasteiger partial charge in [-0.05, 0) is 86.9 Å². The highest BCUT2D eigenvalue weighted by Crippen LogP contribution is 2.32. The number of benzene rings is 1. The average Bonchev–Trinajstić information content (AvgIpc) is 2.90. The van der Waals surface area contributed by atoms with Crippen molar-refractivity contribution in [3.05, 3.63) is 55.1 Å². The fraction of sp³-hybridized carbons (Fsp3) is 0.400. The molecule has 0 N–H and O–H groups in total. The Morgan fingerprint density at radius 1 is 1.04 bits per heavy atom. The highest BCUT2D eigenvalue weighted by molar-refractivity contribution is 9.12. The molecule has 0 radical (unpaired) electrons. The van der Waals surface area contributed by atoms with Gasteiger partial charge in [0.25, 0.3) is 0 Å². The summed E-state index contributed by atoms with van der Waals surface area (Å²) < 4.78 is 8.28. The maximum absolute atomic E-state index is 5.82. The highest BCUT2D eigenvalue weighted by atomic mass is 79.9. The fourth-order valence-electron chi connectivity index (χ4n) is 2.43. The van der Waals surface area contributed by atoms with Gasteiger partial charge in [-0.3, -0.25) is 0 Å². The van der Waals surface area contributed by atoms with Gasteiger partial charge in [-0.2, -0.15) is 0 Å². The van der Waals surface area contributed by atoms with Crippen molar-refractivity contribution in [2.24, 2.45) is 0 Å². The Morgan fingerprint density at radius 3 is 2.46 bits per heavy atom. The predicted octanol–water partition coefficient (Wildman–Crippen LogP) is 7.88. The fourth-order valence-corrected chi connectivity index (χ4v) is 5.35. The van der Waals surface area contributed by atoms with Gasteiger partial charge in [-0.15, -0.1) is 11.3 Å². The van der Waals surface area contributed by atoms with E-state index >= 15 is 0 Å². The van der Waals surface area contributed by atoms with E-state index in [1.807, 2.05) is 0 Å². The van der Waals surface area contributed by atoms with Crippen molar-refractivity contribution in [2.45, 2.75) is 45.4 Å². The Hall–Kier alpha value is -0.580. The van der Waals surface area contributed by atoms with Crippen molar-refractivity contribution in [3.63, 3.8) is 0 Å². The van der Waals surface area contributed by atoms with Gasteiger partial charge in [0.05, 0.1) is 14.2 Å². The lowest BCUT2D eigenvalue weighted by Gasteiger charge is -2.06. The molecule has 0 atom stereocenters. The van der Waals surface area contributed by atoms with Gasteiger partial charge >= 0.3 is 0 Å². The lowest BCUT2D eigenvalue weighted by molar-refractivity contribution is 0.304. The topological polar surface area (TPSA) is 9.23 Å². The number of allylic oxidation sites excluding steroid dienone is 1. The molecule has 24 heavy (non-hydrogen) atoms. The first-order valence-corrected chi connectivity index (χ1v) is 10.9. The van der Waals surface area contributed by atoms with Crippen LogP contribution >= 0.6 is 43.2 Å². The molecule has 0 aliphatic heterocycles. The lowest BCUT2D eigenvalue weighted by atomic mass is 10.1. The van der Waals surface area contributed by atoms with Crippen molar-refractivity contribution < 1.29 is 4.74 Å². The summed E-state index contributed by atoms with van der Waals surface area (Å²) in [6.45, 7) is 2.95. The van der Waals surface area contributed by atoms with E-state index in [4.69, 9.17) is 4.74 Å². The zero-order valence-corrected chi connectivity index (χ0v) is 18.1. The van der Waals surface area contributed by atoms with Gasteiger partial charge < -0.3 is 4.74 Å². The Bertz CT molecular complexity index is 632. The van der Waals surface area contributed by atoms with Gasteiger partial charge in [0.15, 0.2) is 0 Å². The molecule has 2 rings (SSSR count). The normalized spacial score (nSPS) is 11.3. The Morgan fingerprint density at radius 2 is 1.79 bits per heavy atom. The molecule has 1 heterocycles. The van der Waals surface area contributed by atoms with Crippen molar-refractivity contribution in [1.29, 1.82) is 0 Å². The molecular weight excluding hydrogens is 448 g/mol. The number of thiophene rings is 1. The van der Waals surface area contributed by atoms with Crippen molar-refractivity contribution in [1.82, 2.24) is 0 Å². The molecule has 0 unspecified atom stereocenters. The summed E-state index contributed by atoms with van der Waals surface area (Å²) in [7, 11) is 0. The van der Waals surface area contributed by atoms with Gasteiger partial charge in [0, 0.05) is 0 Å². The molecule has 0 saturated heterocycles. The predicted molar refractivity (Wildman–Crippen MR) is 113 cm³/mol. The standard InChI is InChI=1S/C20H24Br2OS/c1-2-3-8-16-10-12-18(13-11-16)23-14-7-5-4-6-9-17-15-19(21)24-20(17)22/h3,8,10-13,15H,2,4-7,9,14H2,1H3/b8-3+. The van der Waals surface area contributed by atoms with E-state index in [9.17, 15) is 0 Å². The summed E-state index contributed by atoms with van der Waals surface area (Å²) in [5.74, 6) is 0.968. The van der Waals surface area contributed by atoms with E-state index in [1.165, 1.54) is 38.0 Å². The lowest BCUT2D eigenvalue weighted by Crippen LogP contribution is -1.97. The Kier molecular flexibility index (Phi) is 9.14. The van der Waals surface area contributed by atoms with Crippen LogP contribution in [0.15, 0.2) is 44.0 Å². The van der Waals surface area contributed by atoms with Crippen molar-refractivity contribution >= 4 is 49.3 Å². The van der Waals surface area contributed by atoms with E-state index in [-0.39, 0.29) is 0 Å².